The Balaban J connectivity index is 1.18. The van der Waals surface area contributed by atoms with Gasteiger partial charge in [-0.25, -0.2) is 0 Å². The number of nitrogens with zero attached hydrogens (tertiary/aromatic N) is 1. The molecular weight excluding hydrogens is 515 g/mol. The van der Waals surface area contributed by atoms with E-state index < -0.39 is 11.7 Å². The van der Waals surface area contributed by atoms with Crippen molar-refractivity contribution >= 4 is 5.97 Å². The summed E-state index contributed by atoms with van der Waals surface area (Å²) in [6.07, 6.45) is 3.43. The summed E-state index contributed by atoms with van der Waals surface area (Å²) in [7, 11) is 1.45. The highest BCUT2D eigenvalue weighted by Gasteiger charge is 2.44. The molecule has 7 heteroatoms. The fraction of sp³-hybridized carbons (Fsp3) is 0.606. The summed E-state index contributed by atoms with van der Waals surface area (Å²) in [5.41, 5.74) is 2.96. The van der Waals surface area contributed by atoms with E-state index in [2.05, 4.69) is 23.1 Å². The van der Waals surface area contributed by atoms with E-state index in [1.54, 1.807) is 6.07 Å². The molecule has 2 saturated carbocycles. The fourth-order valence-electron chi connectivity index (χ4n) is 7.21. The lowest BCUT2D eigenvalue weighted by molar-refractivity contribution is -0.145. The van der Waals surface area contributed by atoms with Crippen LogP contribution in [0.5, 0.6) is 5.75 Å². The first-order valence-electron chi connectivity index (χ1n) is 14.9. The van der Waals surface area contributed by atoms with E-state index in [0.717, 1.165) is 68.2 Å². The van der Waals surface area contributed by atoms with Gasteiger partial charge in [0.15, 0.2) is 0 Å². The number of methoxy groups -OCH3 is 1. The number of likely N-dealkylation sites (tertiary alicyclic amines) is 1. The lowest BCUT2D eigenvalue weighted by atomic mass is 9.80. The van der Waals surface area contributed by atoms with E-state index in [1.807, 2.05) is 19.9 Å². The molecule has 0 amide bonds. The minimum Gasteiger partial charge on any atom is -0.487 e. The molecule has 1 spiro atoms. The van der Waals surface area contributed by atoms with Crippen LogP contribution in [0.4, 0.5) is 13.2 Å². The molecule has 4 aliphatic rings. The van der Waals surface area contributed by atoms with Crippen LogP contribution in [0.15, 0.2) is 36.4 Å². The van der Waals surface area contributed by atoms with Gasteiger partial charge in [0.2, 0.25) is 0 Å². The number of alkyl halides is 3. The third-order valence-electron chi connectivity index (χ3n) is 10.0. The molecule has 2 aliphatic carbocycles. The molecule has 3 fully saturated rings. The molecule has 2 aliphatic heterocycles. The normalized spacial score (nSPS) is 23.1. The number of esters is 1. The minimum atomic E-state index is -4.36. The second kappa shape index (κ2) is 10.4. The van der Waals surface area contributed by atoms with Gasteiger partial charge in [0.1, 0.15) is 11.4 Å². The van der Waals surface area contributed by atoms with Crippen molar-refractivity contribution < 1.29 is 27.4 Å². The molecule has 0 radical (unpaired) electrons. The van der Waals surface area contributed by atoms with Crippen molar-refractivity contribution in [2.45, 2.75) is 94.9 Å². The van der Waals surface area contributed by atoms with E-state index in [-0.39, 0.29) is 29.4 Å². The van der Waals surface area contributed by atoms with Gasteiger partial charge in [0.25, 0.3) is 0 Å². The molecule has 2 heterocycles. The van der Waals surface area contributed by atoms with Crippen LogP contribution in [0, 0.1) is 11.8 Å². The van der Waals surface area contributed by atoms with Crippen LogP contribution in [0.3, 0.4) is 0 Å². The van der Waals surface area contributed by atoms with Crippen LogP contribution in [0.2, 0.25) is 0 Å². The van der Waals surface area contributed by atoms with Crippen LogP contribution in [0.25, 0.3) is 0 Å². The third kappa shape index (κ3) is 5.38. The largest absolute Gasteiger partial charge is 0.487 e. The molecule has 0 N–H and O–H groups in total. The standard InChI is InChI=1S/C33H40F3NO3/c1-20(31(38)39-3)30(24-7-8-24)26-9-6-23-12-13-32(40-29(23)19-26)14-16-37(17-15-32)21(2)27-18-25(22-4-5-22)10-11-28(27)33(34,35)36/h6,9-11,18-22,24,30H,4-5,7-8,12-17H2,1-3H3/t20-,21-,30+/m1/s1. The molecule has 3 atom stereocenters. The maximum atomic E-state index is 13.9. The number of hydrogen-bond acceptors (Lipinski definition) is 4. The summed E-state index contributed by atoms with van der Waals surface area (Å²) in [6.45, 7) is 5.28. The molecule has 2 aromatic rings. The van der Waals surface area contributed by atoms with Crippen molar-refractivity contribution in [1.29, 1.82) is 0 Å². The van der Waals surface area contributed by atoms with Crippen molar-refractivity contribution in [3.05, 3.63) is 64.2 Å². The van der Waals surface area contributed by atoms with E-state index in [4.69, 9.17) is 9.47 Å². The zero-order valence-electron chi connectivity index (χ0n) is 23.7. The van der Waals surface area contributed by atoms with Gasteiger partial charge in [-0.1, -0.05) is 31.2 Å². The Morgan fingerprint density at radius 1 is 1.02 bits per heavy atom. The second-order valence-electron chi connectivity index (χ2n) is 12.7. The predicted molar refractivity (Wildman–Crippen MR) is 147 cm³/mol. The zero-order chi connectivity index (χ0) is 28.2. The number of hydrogen-bond donors (Lipinski definition) is 0. The lowest BCUT2D eigenvalue weighted by Crippen LogP contribution is -2.50. The number of aryl methyl sites for hydroxylation is 1. The Morgan fingerprint density at radius 3 is 2.38 bits per heavy atom. The molecule has 1 saturated heterocycles. The SMILES string of the molecule is COC(=O)[C@H](C)[C@H](c1ccc2c(c1)OC1(CC2)CCN([C@H](C)c2cc(C3CC3)ccc2C(F)(F)F)CC1)C1CC1. The summed E-state index contributed by atoms with van der Waals surface area (Å²) < 4.78 is 53.7. The Morgan fingerprint density at radius 2 is 1.75 bits per heavy atom. The van der Waals surface area contributed by atoms with Gasteiger partial charge in [-0.15, -0.1) is 0 Å². The summed E-state index contributed by atoms with van der Waals surface area (Å²) in [6, 6.07) is 10.9. The Kier molecular flexibility index (Phi) is 7.17. The molecule has 2 aromatic carbocycles. The number of rotatable bonds is 7. The molecule has 0 unspecified atom stereocenters. The molecule has 4 nitrogen and oxygen atoms in total. The first-order valence-corrected chi connectivity index (χ1v) is 14.9. The maximum Gasteiger partial charge on any atom is 0.416 e. The highest BCUT2D eigenvalue weighted by Crippen LogP contribution is 2.49. The number of halogens is 3. The Labute approximate surface area is 235 Å². The number of piperidine rings is 1. The van der Waals surface area contributed by atoms with Gasteiger partial charge >= 0.3 is 12.1 Å². The van der Waals surface area contributed by atoms with Gasteiger partial charge in [-0.3, -0.25) is 9.69 Å². The summed E-state index contributed by atoms with van der Waals surface area (Å²) in [5, 5.41) is 0. The van der Waals surface area contributed by atoms with E-state index in [0.29, 0.717) is 30.5 Å². The molecule has 0 bridgehead atoms. The summed E-state index contributed by atoms with van der Waals surface area (Å²) >= 11 is 0. The average molecular weight is 556 g/mol. The molecule has 6 rings (SSSR count). The van der Waals surface area contributed by atoms with Crippen molar-refractivity contribution in [2.75, 3.05) is 20.2 Å². The Bertz CT molecular complexity index is 1260. The number of benzene rings is 2. The summed E-state index contributed by atoms with van der Waals surface area (Å²) in [5.74, 6) is 1.55. The van der Waals surface area contributed by atoms with Crippen molar-refractivity contribution in [3.63, 3.8) is 0 Å². The second-order valence-corrected chi connectivity index (χ2v) is 12.7. The van der Waals surface area contributed by atoms with Gasteiger partial charge < -0.3 is 9.47 Å². The van der Waals surface area contributed by atoms with Crippen molar-refractivity contribution in [2.24, 2.45) is 11.8 Å². The number of ether oxygens (including phenoxy) is 2. The number of carbonyl (C=O) groups is 1. The van der Waals surface area contributed by atoms with Crippen LogP contribution >= 0.6 is 0 Å². The topological polar surface area (TPSA) is 38.8 Å². The van der Waals surface area contributed by atoms with Crippen molar-refractivity contribution in [3.8, 4) is 5.75 Å². The highest BCUT2D eigenvalue weighted by atomic mass is 19.4. The average Bonchev–Trinajstić information content (AvgIpc) is 3.86. The number of fused-ring (bicyclic) bond motifs is 1. The van der Waals surface area contributed by atoms with Gasteiger partial charge in [0.05, 0.1) is 18.6 Å². The molecular formula is C33H40F3NO3. The van der Waals surface area contributed by atoms with E-state index in [9.17, 15) is 18.0 Å². The third-order valence-corrected chi connectivity index (χ3v) is 10.0. The first kappa shape index (κ1) is 27.6. The minimum absolute atomic E-state index is 0.121. The number of carbonyl (C=O) groups excluding carboxylic acids is 1. The van der Waals surface area contributed by atoms with E-state index in [1.165, 1.54) is 18.7 Å². The van der Waals surface area contributed by atoms with Gasteiger partial charge in [-0.2, -0.15) is 13.2 Å². The van der Waals surface area contributed by atoms with Crippen LogP contribution in [0.1, 0.15) is 104 Å². The first-order chi connectivity index (χ1) is 19.1. The van der Waals surface area contributed by atoms with Crippen LogP contribution < -0.4 is 4.74 Å². The predicted octanol–water partition coefficient (Wildman–Crippen LogP) is 7.81. The highest BCUT2D eigenvalue weighted by molar-refractivity contribution is 5.73. The maximum absolute atomic E-state index is 13.9. The molecule has 216 valence electrons. The van der Waals surface area contributed by atoms with E-state index >= 15 is 0 Å². The van der Waals surface area contributed by atoms with Crippen LogP contribution in [-0.2, 0) is 22.1 Å². The van der Waals surface area contributed by atoms with Crippen molar-refractivity contribution in [1.82, 2.24) is 4.90 Å². The summed E-state index contributed by atoms with van der Waals surface area (Å²) in [4.78, 5) is 14.6. The fourth-order valence-corrected chi connectivity index (χ4v) is 7.21. The monoisotopic (exact) mass is 555 g/mol. The van der Waals surface area contributed by atoms with Crippen LogP contribution in [-0.4, -0.2) is 36.7 Å². The molecule has 40 heavy (non-hydrogen) atoms. The van der Waals surface area contributed by atoms with Gasteiger partial charge in [-0.05, 0) is 110 Å². The Hall–Kier alpha value is -2.54. The zero-order valence-corrected chi connectivity index (χ0v) is 23.7. The molecule has 0 aromatic heterocycles. The van der Waals surface area contributed by atoms with Gasteiger partial charge in [0, 0.05) is 19.1 Å². The smallest absolute Gasteiger partial charge is 0.416 e. The quantitative estimate of drug-likeness (QED) is 0.327. The lowest BCUT2D eigenvalue weighted by Gasteiger charge is -2.46.